The molecule has 1 aliphatic heterocycles. The molecule has 1 amide bonds. The Hall–Kier alpha value is -1.81. The number of anilines is 1. The molecule has 2 aromatic rings. The maximum atomic E-state index is 12.4. The molecule has 2 heterocycles. The molecular formula is C17H22N4O3S2. The van der Waals surface area contributed by atoms with Gasteiger partial charge in [-0.3, -0.25) is 10.1 Å². The molecule has 1 fully saturated rings. The Kier molecular flexibility index (Phi) is 5.71. The lowest BCUT2D eigenvalue weighted by molar-refractivity contribution is 0.102. The van der Waals surface area contributed by atoms with Gasteiger partial charge in [-0.15, -0.1) is 11.3 Å². The number of nitrogens with one attached hydrogen (secondary N) is 2. The Bertz CT molecular complexity index is 870. The van der Waals surface area contributed by atoms with Crippen molar-refractivity contribution in [2.45, 2.75) is 23.7 Å². The monoisotopic (exact) mass is 394 g/mol. The summed E-state index contributed by atoms with van der Waals surface area (Å²) < 4.78 is 25.3. The Balaban J connectivity index is 1.68. The molecule has 1 aromatic heterocycles. The van der Waals surface area contributed by atoms with E-state index in [2.05, 4.69) is 15.6 Å². The summed E-state index contributed by atoms with van der Waals surface area (Å²) in [4.78, 5) is 18.0. The molecular weight excluding hydrogens is 372 g/mol. The summed E-state index contributed by atoms with van der Waals surface area (Å²) in [5, 5.41) is 6.69. The third-order valence-electron chi connectivity index (χ3n) is 4.38. The number of hydrogen-bond acceptors (Lipinski definition) is 6. The van der Waals surface area contributed by atoms with E-state index in [0.29, 0.717) is 16.6 Å². The lowest BCUT2D eigenvalue weighted by atomic mass is 9.97. The summed E-state index contributed by atoms with van der Waals surface area (Å²) in [5.41, 5.74) is 0.390. The SMILES string of the molecule is CN(C)S(=O)(=O)c1ccc(C(=O)Nc2ncc(C3CCNCC3)s2)cc1. The molecule has 9 heteroatoms. The van der Waals surface area contributed by atoms with Crippen molar-refractivity contribution in [1.82, 2.24) is 14.6 Å². The highest BCUT2D eigenvalue weighted by molar-refractivity contribution is 7.89. The van der Waals surface area contributed by atoms with Crippen LogP contribution in [-0.4, -0.2) is 50.8 Å². The third kappa shape index (κ3) is 4.12. The van der Waals surface area contributed by atoms with Gasteiger partial charge in [-0.25, -0.2) is 17.7 Å². The second-order valence-electron chi connectivity index (χ2n) is 6.36. The lowest BCUT2D eigenvalue weighted by Gasteiger charge is -2.20. The van der Waals surface area contributed by atoms with Gasteiger partial charge < -0.3 is 5.32 Å². The Morgan fingerprint density at radius 3 is 2.50 bits per heavy atom. The maximum Gasteiger partial charge on any atom is 0.257 e. The highest BCUT2D eigenvalue weighted by Gasteiger charge is 2.20. The topological polar surface area (TPSA) is 91.4 Å². The largest absolute Gasteiger partial charge is 0.317 e. The first-order chi connectivity index (χ1) is 12.4. The smallest absolute Gasteiger partial charge is 0.257 e. The van der Waals surface area contributed by atoms with Crippen LogP contribution in [0.4, 0.5) is 5.13 Å². The molecule has 0 bridgehead atoms. The van der Waals surface area contributed by atoms with Gasteiger partial charge in [-0.2, -0.15) is 0 Å². The maximum absolute atomic E-state index is 12.4. The Morgan fingerprint density at radius 1 is 1.23 bits per heavy atom. The van der Waals surface area contributed by atoms with Gasteiger partial charge in [-0.05, 0) is 56.1 Å². The number of benzene rings is 1. The summed E-state index contributed by atoms with van der Waals surface area (Å²) >= 11 is 1.50. The predicted molar refractivity (Wildman–Crippen MR) is 102 cm³/mol. The fourth-order valence-corrected chi connectivity index (χ4v) is 4.68. The zero-order valence-electron chi connectivity index (χ0n) is 14.7. The molecule has 1 saturated heterocycles. The number of piperidine rings is 1. The number of nitrogens with zero attached hydrogens (tertiary/aromatic N) is 2. The number of sulfonamides is 1. The average molecular weight is 395 g/mol. The molecule has 0 saturated carbocycles. The van der Waals surface area contributed by atoms with E-state index < -0.39 is 10.0 Å². The minimum absolute atomic E-state index is 0.154. The van der Waals surface area contributed by atoms with Crippen LogP contribution in [0.5, 0.6) is 0 Å². The van der Waals surface area contributed by atoms with Gasteiger partial charge in [0.25, 0.3) is 5.91 Å². The Morgan fingerprint density at radius 2 is 1.88 bits per heavy atom. The average Bonchev–Trinajstić information content (AvgIpc) is 3.11. The van der Waals surface area contributed by atoms with E-state index in [9.17, 15) is 13.2 Å². The first kappa shape index (κ1) is 19.0. The zero-order valence-corrected chi connectivity index (χ0v) is 16.4. The van der Waals surface area contributed by atoms with E-state index in [0.717, 1.165) is 30.2 Å². The van der Waals surface area contributed by atoms with E-state index >= 15 is 0 Å². The molecule has 0 aliphatic carbocycles. The van der Waals surface area contributed by atoms with Gasteiger partial charge in [-0.1, -0.05) is 0 Å². The normalized spacial score (nSPS) is 16.0. The van der Waals surface area contributed by atoms with Crippen molar-refractivity contribution in [3.05, 3.63) is 40.9 Å². The van der Waals surface area contributed by atoms with Gasteiger partial charge >= 0.3 is 0 Å². The van der Waals surface area contributed by atoms with E-state index in [-0.39, 0.29) is 10.8 Å². The van der Waals surface area contributed by atoms with Crippen LogP contribution in [0.2, 0.25) is 0 Å². The van der Waals surface area contributed by atoms with Crippen LogP contribution in [0.3, 0.4) is 0 Å². The van der Waals surface area contributed by atoms with Crippen LogP contribution in [0.15, 0.2) is 35.4 Å². The van der Waals surface area contributed by atoms with E-state index in [1.165, 1.54) is 54.6 Å². The molecule has 26 heavy (non-hydrogen) atoms. The summed E-state index contributed by atoms with van der Waals surface area (Å²) in [5.74, 6) is 0.194. The molecule has 0 unspecified atom stereocenters. The van der Waals surface area contributed by atoms with Crippen LogP contribution >= 0.6 is 11.3 Å². The summed E-state index contributed by atoms with van der Waals surface area (Å²) in [6, 6.07) is 5.89. The fourth-order valence-electron chi connectivity index (χ4n) is 2.80. The van der Waals surface area contributed by atoms with E-state index in [1.807, 2.05) is 6.20 Å². The number of carbonyl (C=O) groups excluding carboxylic acids is 1. The van der Waals surface area contributed by atoms with Gasteiger partial charge in [0.1, 0.15) is 0 Å². The summed E-state index contributed by atoms with van der Waals surface area (Å²) in [7, 11) is -0.560. The van der Waals surface area contributed by atoms with Gasteiger partial charge in [0, 0.05) is 30.7 Å². The van der Waals surface area contributed by atoms with Crippen molar-refractivity contribution in [3.63, 3.8) is 0 Å². The third-order valence-corrected chi connectivity index (χ3v) is 7.29. The zero-order chi connectivity index (χ0) is 18.7. The van der Waals surface area contributed by atoms with E-state index in [1.54, 1.807) is 0 Å². The van der Waals surface area contributed by atoms with Gasteiger partial charge in [0.05, 0.1) is 4.90 Å². The van der Waals surface area contributed by atoms with Crippen LogP contribution in [0.25, 0.3) is 0 Å². The molecule has 0 atom stereocenters. The highest BCUT2D eigenvalue weighted by Crippen LogP contribution is 2.31. The first-order valence-corrected chi connectivity index (χ1v) is 10.6. The number of aromatic nitrogens is 1. The molecule has 7 nitrogen and oxygen atoms in total. The number of rotatable bonds is 5. The minimum atomic E-state index is -3.50. The van der Waals surface area contributed by atoms with Crippen molar-refractivity contribution < 1.29 is 13.2 Å². The number of carbonyl (C=O) groups is 1. The fraction of sp³-hybridized carbons (Fsp3) is 0.412. The van der Waals surface area contributed by atoms with Crippen molar-refractivity contribution in [3.8, 4) is 0 Å². The van der Waals surface area contributed by atoms with Crippen LogP contribution in [0, 0.1) is 0 Å². The summed E-state index contributed by atoms with van der Waals surface area (Å²) in [6.45, 7) is 2.01. The van der Waals surface area contributed by atoms with Gasteiger partial charge in [0.15, 0.2) is 5.13 Å². The first-order valence-electron chi connectivity index (χ1n) is 8.38. The van der Waals surface area contributed by atoms with Crippen molar-refractivity contribution >= 4 is 32.4 Å². The molecule has 1 aliphatic rings. The van der Waals surface area contributed by atoms with Crippen molar-refractivity contribution in [1.29, 1.82) is 0 Å². The second kappa shape index (κ2) is 7.83. The minimum Gasteiger partial charge on any atom is -0.317 e. The predicted octanol–water partition coefficient (Wildman–Crippen LogP) is 2.11. The molecule has 0 spiro atoms. The summed E-state index contributed by atoms with van der Waals surface area (Å²) in [6.07, 6.45) is 4.00. The van der Waals surface area contributed by atoms with Crippen molar-refractivity contribution in [2.24, 2.45) is 0 Å². The lowest BCUT2D eigenvalue weighted by Crippen LogP contribution is -2.26. The number of thiazole rings is 1. The van der Waals surface area contributed by atoms with Crippen LogP contribution in [0.1, 0.15) is 34.0 Å². The van der Waals surface area contributed by atoms with Crippen molar-refractivity contribution in [2.75, 3.05) is 32.5 Å². The van der Waals surface area contributed by atoms with E-state index in [4.69, 9.17) is 0 Å². The second-order valence-corrected chi connectivity index (χ2v) is 9.57. The molecule has 0 radical (unpaired) electrons. The van der Waals surface area contributed by atoms with Crippen LogP contribution < -0.4 is 10.6 Å². The number of amides is 1. The Labute approximate surface area is 157 Å². The van der Waals surface area contributed by atoms with Crippen LogP contribution in [-0.2, 0) is 10.0 Å². The number of hydrogen-bond donors (Lipinski definition) is 2. The quantitative estimate of drug-likeness (QED) is 0.810. The molecule has 1 aromatic carbocycles. The standard InChI is InChI=1S/C17H22N4O3S2/c1-21(2)26(23,24)14-5-3-13(4-6-14)16(22)20-17-19-11-15(25-17)12-7-9-18-10-8-12/h3-6,11-12,18H,7-10H2,1-2H3,(H,19,20,22). The molecule has 3 rings (SSSR count). The van der Waals surface area contributed by atoms with Gasteiger partial charge in [0.2, 0.25) is 10.0 Å². The molecule has 2 N–H and O–H groups in total. The highest BCUT2D eigenvalue weighted by atomic mass is 32.2. The molecule has 140 valence electrons.